The van der Waals surface area contributed by atoms with Crippen LogP contribution in [0.4, 0.5) is 5.69 Å². The van der Waals surface area contributed by atoms with Gasteiger partial charge in [0.15, 0.2) is 6.29 Å². The highest BCUT2D eigenvalue weighted by molar-refractivity contribution is 6.06. The van der Waals surface area contributed by atoms with Gasteiger partial charge in [-0.2, -0.15) is 0 Å². The predicted molar refractivity (Wildman–Crippen MR) is 143 cm³/mol. The zero-order chi connectivity index (χ0) is 27.5. The average molecular weight is 506 g/mol. The summed E-state index contributed by atoms with van der Waals surface area (Å²) in [4.78, 5) is 51.9. The number of piperidine rings is 1. The summed E-state index contributed by atoms with van der Waals surface area (Å²) in [7, 11) is 1.51. The van der Waals surface area contributed by atoms with E-state index >= 15 is 0 Å². The Morgan fingerprint density at radius 2 is 1.92 bits per heavy atom. The third kappa shape index (κ3) is 6.64. The zero-order valence-electron chi connectivity index (χ0n) is 22.3. The van der Waals surface area contributed by atoms with Crippen molar-refractivity contribution in [1.82, 2.24) is 15.5 Å². The molecule has 2 fully saturated rings. The molecule has 2 saturated heterocycles. The summed E-state index contributed by atoms with van der Waals surface area (Å²) in [5.41, 5.74) is 3.07. The first-order valence-electron chi connectivity index (χ1n) is 12.3. The molecule has 0 aromatic heterocycles. The van der Waals surface area contributed by atoms with E-state index in [0.717, 1.165) is 11.4 Å². The summed E-state index contributed by atoms with van der Waals surface area (Å²) in [6, 6.07) is 4.30. The molecule has 0 saturated carbocycles. The summed E-state index contributed by atoms with van der Waals surface area (Å²) in [5.74, 6) is 5.22. The van der Waals surface area contributed by atoms with E-state index < -0.39 is 17.9 Å². The van der Waals surface area contributed by atoms with Gasteiger partial charge in [0, 0.05) is 54.8 Å². The lowest BCUT2D eigenvalue weighted by Gasteiger charge is -2.39. The number of carbonyl (C=O) groups excluding carboxylic acids is 4. The van der Waals surface area contributed by atoms with Gasteiger partial charge < -0.3 is 20.5 Å². The molecule has 2 aliphatic heterocycles. The van der Waals surface area contributed by atoms with Crippen LogP contribution in [0.25, 0.3) is 0 Å². The molecule has 37 heavy (non-hydrogen) atoms. The molecule has 9 heteroatoms. The molecule has 3 N–H and O–H groups in total. The Bertz CT molecular complexity index is 1230. The second kappa shape index (κ2) is 11.0. The largest absolute Gasteiger partial charge is 0.383 e. The number of amides is 3. The van der Waals surface area contributed by atoms with Crippen molar-refractivity contribution in [3.8, 4) is 11.8 Å². The maximum Gasteiger partial charge on any atom is 0.255 e. The fourth-order valence-corrected chi connectivity index (χ4v) is 4.46. The van der Waals surface area contributed by atoms with Gasteiger partial charge in [0.2, 0.25) is 11.8 Å². The van der Waals surface area contributed by atoms with Gasteiger partial charge in [0.1, 0.15) is 6.04 Å². The summed E-state index contributed by atoms with van der Waals surface area (Å²) in [6.45, 7) is 11.1. The number of nitrogens with one attached hydrogen (secondary N) is 3. The Morgan fingerprint density at radius 1 is 1.24 bits per heavy atom. The standard InChI is InChI=1S/C28H35N5O4/c1-17(29)22(18(2)31-28(3,4)5)10-7-19-14-33(15-19)21-9-8-20(16-34)23(13-21)27(37)32(6)24-11-12-25(35)30-26(24)36/h8-9,13,16,19,24,29,31H,11-12,14-15H2,1-6H3,(H,30,35,36)/b22-18-,29-17?. The van der Waals surface area contributed by atoms with E-state index in [-0.39, 0.29) is 41.3 Å². The van der Waals surface area contributed by atoms with Crippen molar-refractivity contribution in [3.05, 3.63) is 40.6 Å². The second-order valence-corrected chi connectivity index (χ2v) is 10.6. The summed E-state index contributed by atoms with van der Waals surface area (Å²) in [6.07, 6.45) is 1.03. The monoisotopic (exact) mass is 505 g/mol. The van der Waals surface area contributed by atoms with Crippen LogP contribution in [-0.4, -0.2) is 66.3 Å². The molecule has 9 nitrogen and oxygen atoms in total. The van der Waals surface area contributed by atoms with Crippen LogP contribution in [0.2, 0.25) is 0 Å². The third-order valence-electron chi connectivity index (χ3n) is 6.35. The Labute approximate surface area is 218 Å². The van der Waals surface area contributed by atoms with E-state index in [0.29, 0.717) is 30.7 Å². The molecule has 0 bridgehead atoms. The van der Waals surface area contributed by atoms with Crippen molar-refractivity contribution in [2.45, 2.75) is 59.0 Å². The number of carbonyl (C=O) groups is 4. The normalized spacial score (nSPS) is 18.5. The van der Waals surface area contributed by atoms with Gasteiger partial charge in [0.25, 0.3) is 5.91 Å². The van der Waals surface area contributed by atoms with Crippen molar-refractivity contribution in [1.29, 1.82) is 5.41 Å². The number of likely N-dealkylation sites (N-methyl/N-ethyl adjacent to an activating group) is 1. The first-order chi connectivity index (χ1) is 17.3. The number of rotatable bonds is 6. The van der Waals surface area contributed by atoms with Gasteiger partial charge >= 0.3 is 0 Å². The van der Waals surface area contributed by atoms with Gasteiger partial charge in [-0.25, -0.2) is 0 Å². The van der Waals surface area contributed by atoms with E-state index in [2.05, 4.69) is 48.1 Å². The van der Waals surface area contributed by atoms with Crippen LogP contribution in [-0.2, 0) is 9.59 Å². The van der Waals surface area contributed by atoms with Crippen LogP contribution < -0.4 is 15.5 Å². The molecule has 3 amide bonds. The molecular weight excluding hydrogens is 470 g/mol. The minimum atomic E-state index is -0.771. The number of nitrogens with zero attached hydrogens (tertiary/aromatic N) is 2. The topological polar surface area (TPSA) is 123 Å². The molecule has 0 radical (unpaired) electrons. The Kier molecular flexibility index (Phi) is 8.22. The van der Waals surface area contributed by atoms with Crippen molar-refractivity contribution in [3.63, 3.8) is 0 Å². The minimum absolute atomic E-state index is 0.104. The first kappa shape index (κ1) is 27.7. The molecule has 1 atom stereocenters. The van der Waals surface area contributed by atoms with Crippen LogP contribution in [0, 0.1) is 23.2 Å². The lowest BCUT2D eigenvalue weighted by Crippen LogP contribution is -2.53. The minimum Gasteiger partial charge on any atom is -0.383 e. The lowest BCUT2D eigenvalue weighted by molar-refractivity contribution is -0.136. The molecule has 196 valence electrons. The first-order valence-corrected chi connectivity index (χ1v) is 12.3. The molecular formula is C28H35N5O4. The number of benzene rings is 1. The highest BCUT2D eigenvalue weighted by Gasteiger charge is 2.34. The van der Waals surface area contributed by atoms with Gasteiger partial charge in [-0.05, 0) is 59.2 Å². The lowest BCUT2D eigenvalue weighted by atomic mass is 9.96. The molecule has 0 aliphatic carbocycles. The van der Waals surface area contributed by atoms with Crippen LogP contribution in [0.15, 0.2) is 29.5 Å². The van der Waals surface area contributed by atoms with E-state index in [1.54, 1.807) is 25.1 Å². The average Bonchev–Trinajstić information content (AvgIpc) is 2.77. The third-order valence-corrected chi connectivity index (χ3v) is 6.35. The van der Waals surface area contributed by atoms with Crippen LogP contribution in [0.5, 0.6) is 0 Å². The van der Waals surface area contributed by atoms with Gasteiger partial charge in [-0.15, -0.1) is 0 Å². The summed E-state index contributed by atoms with van der Waals surface area (Å²) < 4.78 is 0. The molecule has 0 spiro atoms. The highest BCUT2D eigenvalue weighted by atomic mass is 16.2. The van der Waals surface area contributed by atoms with Gasteiger partial charge in [-0.1, -0.05) is 11.8 Å². The van der Waals surface area contributed by atoms with Crippen molar-refractivity contribution in [2.24, 2.45) is 5.92 Å². The number of imide groups is 1. The maximum atomic E-state index is 13.2. The van der Waals surface area contributed by atoms with E-state index in [1.165, 1.54) is 11.9 Å². The Balaban J connectivity index is 1.74. The molecule has 2 aliphatic rings. The molecule has 2 heterocycles. The Hall–Kier alpha value is -3.93. The maximum absolute atomic E-state index is 13.2. The molecule has 3 rings (SSSR count). The van der Waals surface area contributed by atoms with Crippen molar-refractivity contribution >= 4 is 35.4 Å². The SMILES string of the molecule is CC(=N)/C(C#CC1CN(c2ccc(C=O)c(C(=O)N(C)C3CCC(=O)NC3=O)c2)C1)=C(/C)NC(C)(C)C. The molecule has 1 unspecified atom stereocenters. The summed E-state index contributed by atoms with van der Waals surface area (Å²) in [5, 5.41) is 13.7. The zero-order valence-corrected chi connectivity index (χ0v) is 22.3. The van der Waals surface area contributed by atoms with Crippen LogP contribution in [0.3, 0.4) is 0 Å². The smallest absolute Gasteiger partial charge is 0.255 e. The fourth-order valence-electron chi connectivity index (χ4n) is 4.46. The fraction of sp³-hybridized carbons (Fsp3) is 0.464. The quantitative estimate of drug-likeness (QED) is 0.236. The van der Waals surface area contributed by atoms with E-state index in [9.17, 15) is 19.2 Å². The number of hydrogen-bond donors (Lipinski definition) is 3. The van der Waals surface area contributed by atoms with Crippen molar-refractivity contribution < 1.29 is 19.2 Å². The number of anilines is 1. The molecule has 1 aromatic carbocycles. The number of aldehydes is 1. The number of allylic oxidation sites excluding steroid dienone is 2. The number of hydrogen-bond acceptors (Lipinski definition) is 7. The molecule has 1 aromatic rings. The van der Waals surface area contributed by atoms with Crippen LogP contribution >= 0.6 is 0 Å². The van der Waals surface area contributed by atoms with Crippen LogP contribution in [0.1, 0.15) is 68.2 Å². The second-order valence-electron chi connectivity index (χ2n) is 10.6. The summed E-state index contributed by atoms with van der Waals surface area (Å²) >= 11 is 0. The highest BCUT2D eigenvalue weighted by Crippen LogP contribution is 2.27. The van der Waals surface area contributed by atoms with E-state index in [4.69, 9.17) is 5.41 Å². The predicted octanol–water partition coefficient (Wildman–Crippen LogP) is 2.52. The Morgan fingerprint density at radius 3 is 2.49 bits per heavy atom. The van der Waals surface area contributed by atoms with Crippen molar-refractivity contribution in [2.75, 3.05) is 25.0 Å². The van der Waals surface area contributed by atoms with E-state index in [1.807, 2.05) is 6.92 Å². The van der Waals surface area contributed by atoms with Gasteiger partial charge in [-0.3, -0.25) is 24.5 Å². The van der Waals surface area contributed by atoms with Gasteiger partial charge in [0.05, 0.1) is 17.1 Å².